The molecule has 7 rings (SSSR count). The van der Waals surface area contributed by atoms with E-state index in [9.17, 15) is 19.2 Å². The molecule has 1 unspecified atom stereocenters. The Labute approximate surface area is 334 Å². The third-order valence-corrected chi connectivity index (χ3v) is 11.3. The lowest BCUT2D eigenvalue weighted by molar-refractivity contribution is -0.121. The zero-order valence-electron chi connectivity index (χ0n) is 35.5. The summed E-state index contributed by atoms with van der Waals surface area (Å²) >= 11 is 0. The van der Waals surface area contributed by atoms with Gasteiger partial charge in [0, 0.05) is 29.7 Å². The smallest absolute Gasteiger partial charge is 0.258 e. The molecule has 4 aromatic carbocycles. The molecule has 1 aliphatic carbocycles. The van der Waals surface area contributed by atoms with Gasteiger partial charge in [-0.1, -0.05) is 141 Å². The summed E-state index contributed by atoms with van der Waals surface area (Å²) in [6.07, 6.45) is 6.36. The van der Waals surface area contributed by atoms with Crippen LogP contribution in [0.4, 0.5) is 11.4 Å². The number of anilines is 2. The molecule has 0 bridgehead atoms. The summed E-state index contributed by atoms with van der Waals surface area (Å²) in [7, 11) is 0. The summed E-state index contributed by atoms with van der Waals surface area (Å²) < 4.78 is 0. The van der Waals surface area contributed by atoms with Crippen molar-refractivity contribution in [1.82, 2.24) is 0 Å². The average molecular weight is 751 g/mol. The monoisotopic (exact) mass is 750 g/mol. The molecule has 3 aliphatic rings. The van der Waals surface area contributed by atoms with Crippen molar-refractivity contribution >= 4 is 35.0 Å². The highest BCUT2D eigenvalue weighted by atomic mass is 16.2. The summed E-state index contributed by atoms with van der Waals surface area (Å²) in [5.74, 6) is -1.07. The molecular weight excluding hydrogens is 693 g/mol. The van der Waals surface area contributed by atoms with Crippen molar-refractivity contribution in [3.63, 3.8) is 0 Å². The Bertz CT molecular complexity index is 2110. The summed E-state index contributed by atoms with van der Waals surface area (Å²) in [5.41, 5.74) is 13.2. The van der Waals surface area contributed by atoms with Crippen LogP contribution in [-0.2, 0) is 40.8 Å². The minimum Gasteiger partial charge on any atom is -0.269 e. The van der Waals surface area contributed by atoms with Crippen molar-refractivity contribution in [2.75, 3.05) is 9.80 Å². The number of fused-ring (bicyclic) bond motifs is 1. The van der Waals surface area contributed by atoms with Crippen molar-refractivity contribution in [2.24, 2.45) is 0 Å². The quantitative estimate of drug-likeness (QED) is 0.195. The van der Waals surface area contributed by atoms with Gasteiger partial charge in [0.15, 0.2) is 0 Å². The van der Waals surface area contributed by atoms with Crippen molar-refractivity contribution < 1.29 is 19.2 Å². The van der Waals surface area contributed by atoms with E-state index in [-0.39, 0.29) is 45.3 Å². The van der Waals surface area contributed by atoms with Gasteiger partial charge < -0.3 is 0 Å². The second-order valence-corrected chi connectivity index (χ2v) is 18.4. The van der Waals surface area contributed by atoms with E-state index >= 15 is 0 Å². The van der Waals surface area contributed by atoms with E-state index < -0.39 is 0 Å². The maximum absolute atomic E-state index is 11.5. The highest BCUT2D eigenvalue weighted by Gasteiger charge is 2.46. The van der Waals surface area contributed by atoms with Crippen LogP contribution in [0.3, 0.4) is 0 Å². The van der Waals surface area contributed by atoms with Gasteiger partial charge in [-0.2, -0.15) is 0 Å². The van der Waals surface area contributed by atoms with Gasteiger partial charge in [0.2, 0.25) is 0 Å². The van der Waals surface area contributed by atoms with Crippen molar-refractivity contribution in [3.8, 4) is 0 Å². The predicted molar refractivity (Wildman–Crippen MR) is 229 cm³/mol. The topological polar surface area (TPSA) is 74.8 Å². The van der Waals surface area contributed by atoms with Gasteiger partial charge in [0.1, 0.15) is 0 Å². The van der Waals surface area contributed by atoms with E-state index in [1.54, 1.807) is 0 Å². The second kappa shape index (κ2) is 15.3. The number of nitrogens with zero attached hydrogens (tertiary/aromatic N) is 2. The lowest BCUT2D eigenvalue weighted by Gasteiger charge is -2.30. The van der Waals surface area contributed by atoms with Crippen molar-refractivity contribution in [1.29, 1.82) is 0 Å². The van der Waals surface area contributed by atoms with Gasteiger partial charge in [-0.25, -0.2) is 9.80 Å². The first-order valence-corrected chi connectivity index (χ1v) is 19.5. The molecule has 6 nitrogen and oxygen atoms in total. The molecule has 1 atom stereocenters. The molecular formula is C50H58N2O4. The fourth-order valence-corrected chi connectivity index (χ4v) is 8.27. The molecule has 0 saturated heterocycles. The zero-order chi connectivity index (χ0) is 41.5. The third-order valence-electron chi connectivity index (χ3n) is 11.3. The van der Waals surface area contributed by atoms with Crippen LogP contribution in [0.2, 0.25) is 0 Å². The maximum Gasteiger partial charge on any atom is 0.258 e. The van der Waals surface area contributed by atoms with Gasteiger partial charge in [-0.15, -0.1) is 0 Å². The Hall–Kier alpha value is -5.36. The first-order valence-electron chi connectivity index (χ1n) is 19.5. The Morgan fingerprint density at radius 3 is 1.25 bits per heavy atom. The van der Waals surface area contributed by atoms with Crippen molar-refractivity contribution in [2.45, 2.75) is 118 Å². The highest BCUT2D eigenvalue weighted by molar-refractivity contribution is 6.29. The van der Waals surface area contributed by atoms with Gasteiger partial charge in [0.05, 0.1) is 11.4 Å². The summed E-state index contributed by atoms with van der Waals surface area (Å²) in [6, 6.07) is 27.9. The van der Waals surface area contributed by atoms with Crippen LogP contribution < -0.4 is 9.80 Å². The minimum atomic E-state index is -0.266. The number of aryl methyl sites for hydroxylation is 4. The number of carbonyl (C=O) groups is 4. The number of hydrogen-bond acceptors (Lipinski definition) is 4. The molecule has 0 saturated carbocycles. The van der Waals surface area contributed by atoms with E-state index in [1.165, 1.54) is 61.9 Å². The first kappa shape index (κ1) is 41.8. The van der Waals surface area contributed by atoms with Crippen LogP contribution in [0.5, 0.6) is 0 Å². The average Bonchev–Trinajstić information content (AvgIpc) is 3.69. The standard InChI is InChI=1S/C26H36.2C12H11NO2/c1-23(2,3)18-11-10-12-20(15-18)26(9)17-25(7,8)22-16-19(24(4,5)6)13-14-21(22)26;2*1-8-4-3-5-9(2)12(8)13-10(14)6-7-11(13)15/h10-16H,17H2,1-9H3;2*3-7H,1-2H3. The summed E-state index contributed by atoms with van der Waals surface area (Å²) in [5, 5.41) is 0. The number of benzene rings is 4. The summed E-state index contributed by atoms with van der Waals surface area (Å²) in [4.78, 5) is 48.5. The molecule has 2 aliphatic heterocycles. The number of amides is 4. The van der Waals surface area contributed by atoms with Crippen LogP contribution >= 0.6 is 0 Å². The fourth-order valence-electron chi connectivity index (χ4n) is 8.27. The maximum atomic E-state index is 11.5. The molecule has 2 heterocycles. The molecule has 0 spiro atoms. The van der Waals surface area contributed by atoms with E-state index in [0.29, 0.717) is 11.4 Å². The largest absolute Gasteiger partial charge is 0.269 e. The van der Waals surface area contributed by atoms with Gasteiger partial charge >= 0.3 is 0 Å². The molecule has 4 aromatic rings. The normalized spacial score (nSPS) is 18.5. The molecule has 56 heavy (non-hydrogen) atoms. The van der Waals surface area contributed by atoms with Gasteiger partial charge in [-0.3, -0.25) is 19.2 Å². The Balaban J connectivity index is 0.000000171. The zero-order valence-corrected chi connectivity index (χ0v) is 35.5. The highest BCUT2D eigenvalue weighted by Crippen LogP contribution is 2.53. The minimum absolute atomic E-state index is 0.0799. The number of carbonyl (C=O) groups excluding carboxylic acids is 4. The van der Waals surface area contributed by atoms with Gasteiger partial charge in [-0.05, 0) is 100 Å². The molecule has 0 fully saturated rings. The molecule has 292 valence electrons. The van der Waals surface area contributed by atoms with Gasteiger partial charge in [0.25, 0.3) is 23.6 Å². The molecule has 0 aromatic heterocycles. The van der Waals surface area contributed by atoms with E-state index in [4.69, 9.17) is 0 Å². The second-order valence-electron chi connectivity index (χ2n) is 18.4. The number of rotatable bonds is 3. The number of para-hydroxylation sites is 2. The van der Waals surface area contributed by atoms with E-state index in [2.05, 4.69) is 105 Å². The SMILES string of the molecule is CC(C)(C)c1cccc(C2(C)CC(C)(C)c3cc(C(C)(C)C)ccc32)c1.Cc1cccc(C)c1N1C(=O)C=CC1=O.Cc1cccc(C)c1N1C(=O)C=CC1=O. The Kier molecular flexibility index (Phi) is 11.4. The molecule has 6 heteroatoms. The van der Waals surface area contributed by atoms with E-state index in [1.807, 2.05) is 64.1 Å². The van der Waals surface area contributed by atoms with Crippen LogP contribution in [0.1, 0.15) is 119 Å². The molecule has 4 amide bonds. The lowest BCUT2D eigenvalue weighted by Crippen LogP contribution is -2.30. The number of imide groups is 2. The Morgan fingerprint density at radius 1 is 0.482 bits per heavy atom. The van der Waals surface area contributed by atoms with E-state index in [0.717, 1.165) is 28.7 Å². The van der Waals surface area contributed by atoms with Crippen LogP contribution in [-0.4, -0.2) is 23.6 Å². The van der Waals surface area contributed by atoms with Crippen LogP contribution in [0, 0.1) is 27.7 Å². The van der Waals surface area contributed by atoms with Crippen LogP contribution in [0.15, 0.2) is 103 Å². The van der Waals surface area contributed by atoms with Crippen molar-refractivity contribution in [3.05, 3.63) is 153 Å². The lowest BCUT2D eigenvalue weighted by atomic mass is 9.73. The molecule has 0 N–H and O–H groups in total. The summed E-state index contributed by atoms with van der Waals surface area (Å²) in [6.45, 7) is 28.7. The fraction of sp³-hybridized carbons (Fsp3) is 0.360. The first-order chi connectivity index (χ1) is 26.0. The Morgan fingerprint density at radius 2 is 0.857 bits per heavy atom. The predicted octanol–water partition coefficient (Wildman–Crippen LogP) is 10.7. The number of hydrogen-bond donors (Lipinski definition) is 0. The van der Waals surface area contributed by atoms with Crippen LogP contribution in [0.25, 0.3) is 0 Å². The third kappa shape index (κ3) is 8.26. The molecule has 0 radical (unpaired) electrons.